The number of hydrogen-bond acceptors (Lipinski definition) is 3. The fourth-order valence-electron chi connectivity index (χ4n) is 3.81. The van der Waals surface area contributed by atoms with Gasteiger partial charge < -0.3 is 10.1 Å². The topological polar surface area (TPSA) is 24.5 Å². The molecule has 3 nitrogen and oxygen atoms in total. The maximum absolute atomic E-state index is 5.50. The van der Waals surface area contributed by atoms with Crippen LogP contribution in [-0.2, 0) is 4.74 Å². The number of piperazine rings is 1. The molecule has 0 aromatic rings. The van der Waals surface area contributed by atoms with E-state index in [1.54, 1.807) is 0 Å². The van der Waals surface area contributed by atoms with E-state index in [1.807, 2.05) is 7.11 Å². The van der Waals surface area contributed by atoms with Gasteiger partial charge in [0.05, 0.1) is 6.10 Å². The Kier molecular flexibility index (Phi) is 3.18. The summed E-state index contributed by atoms with van der Waals surface area (Å²) in [6.45, 7) is 6.07. The second-order valence-electron chi connectivity index (χ2n) is 6.41. The molecule has 1 saturated heterocycles. The zero-order valence-electron chi connectivity index (χ0n) is 11.2. The third kappa shape index (κ3) is 2.38. The molecule has 1 heterocycles. The zero-order chi connectivity index (χ0) is 11.9. The first-order chi connectivity index (χ1) is 8.21. The van der Waals surface area contributed by atoms with Crippen LogP contribution in [0.15, 0.2) is 0 Å². The van der Waals surface area contributed by atoms with Gasteiger partial charge in [-0.25, -0.2) is 0 Å². The molecular formula is C14H26N2O. The van der Waals surface area contributed by atoms with Crippen LogP contribution in [0.2, 0.25) is 0 Å². The lowest BCUT2D eigenvalue weighted by atomic mass is 9.92. The molecule has 3 atom stereocenters. The van der Waals surface area contributed by atoms with E-state index in [-0.39, 0.29) is 0 Å². The van der Waals surface area contributed by atoms with Crippen LogP contribution in [0.3, 0.4) is 0 Å². The predicted molar refractivity (Wildman–Crippen MR) is 69.1 cm³/mol. The van der Waals surface area contributed by atoms with Crippen molar-refractivity contribution in [3.05, 3.63) is 0 Å². The third-order valence-electron chi connectivity index (χ3n) is 5.14. The van der Waals surface area contributed by atoms with Gasteiger partial charge in [-0.1, -0.05) is 0 Å². The monoisotopic (exact) mass is 238 g/mol. The third-order valence-corrected chi connectivity index (χ3v) is 5.14. The van der Waals surface area contributed by atoms with E-state index in [1.165, 1.54) is 51.7 Å². The van der Waals surface area contributed by atoms with E-state index in [0.29, 0.717) is 11.6 Å². The van der Waals surface area contributed by atoms with Crippen LogP contribution in [0.5, 0.6) is 0 Å². The largest absolute Gasteiger partial charge is 0.381 e. The maximum atomic E-state index is 5.50. The highest BCUT2D eigenvalue weighted by Crippen LogP contribution is 2.41. The number of rotatable bonds is 3. The van der Waals surface area contributed by atoms with Crippen molar-refractivity contribution in [1.29, 1.82) is 0 Å². The van der Waals surface area contributed by atoms with Gasteiger partial charge in [0.1, 0.15) is 0 Å². The Labute approximate surface area is 105 Å². The van der Waals surface area contributed by atoms with Crippen molar-refractivity contribution >= 4 is 0 Å². The van der Waals surface area contributed by atoms with Crippen molar-refractivity contribution in [1.82, 2.24) is 10.2 Å². The first-order valence-corrected chi connectivity index (χ1v) is 7.23. The first kappa shape index (κ1) is 11.9. The molecule has 3 fully saturated rings. The fraction of sp³-hybridized carbons (Fsp3) is 1.00. The van der Waals surface area contributed by atoms with Gasteiger partial charge in [-0.15, -0.1) is 0 Å². The number of nitrogens with one attached hydrogen (secondary N) is 1. The van der Waals surface area contributed by atoms with Crippen molar-refractivity contribution in [3.8, 4) is 0 Å². The van der Waals surface area contributed by atoms with Gasteiger partial charge in [0.15, 0.2) is 0 Å². The van der Waals surface area contributed by atoms with Crippen LogP contribution in [0.25, 0.3) is 0 Å². The minimum Gasteiger partial charge on any atom is -0.381 e. The van der Waals surface area contributed by atoms with E-state index >= 15 is 0 Å². The van der Waals surface area contributed by atoms with Crippen molar-refractivity contribution in [2.45, 2.75) is 56.7 Å². The number of hydrogen-bond donors (Lipinski definition) is 1. The summed E-state index contributed by atoms with van der Waals surface area (Å²) in [5, 5.41) is 3.76. The Morgan fingerprint density at radius 3 is 2.71 bits per heavy atom. The number of nitrogens with zero attached hydrogens (tertiary/aromatic N) is 1. The van der Waals surface area contributed by atoms with Crippen LogP contribution in [0, 0.1) is 5.92 Å². The molecule has 0 spiro atoms. The molecular weight excluding hydrogens is 212 g/mol. The summed E-state index contributed by atoms with van der Waals surface area (Å²) in [7, 11) is 1.86. The summed E-state index contributed by atoms with van der Waals surface area (Å²) in [6, 6.07) is 0.778. The van der Waals surface area contributed by atoms with Gasteiger partial charge in [-0.2, -0.15) is 0 Å². The molecule has 2 saturated carbocycles. The Balaban J connectivity index is 1.60. The molecule has 17 heavy (non-hydrogen) atoms. The molecule has 3 unspecified atom stereocenters. The molecule has 3 aliphatic rings. The summed E-state index contributed by atoms with van der Waals surface area (Å²) < 4.78 is 5.50. The molecule has 0 bridgehead atoms. The van der Waals surface area contributed by atoms with Gasteiger partial charge in [0.25, 0.3) is 0 Å². The molecule has 1 N–H and O–H groups in total. The van der Waals surface area contributed by atoms with Crippen LogP contribution >= 0.6 is 0 Å². The molecule has 3 rings (SSSR count). The molecule has 0 amide bonds. The fourth-order valence-corrected chi connectivity index (χ4v) is 3.81. The molecule has 1 aliphatic heterocycles. The zero-order valence-corrected chi connectivity index (χ0v) is 11.2. The van der Waals surface area contributed by atoms with Crippen molar-refractivity contribution in [3.63, 3.8) is 0 Å². The summed E-state index contributed by atoms with van der Waals surface area (Å²) in [5.74, 6) is 0.935. The van der Waals surface area contributed by atoms with E-state index in [0.717, 1.165) is 12.0 Å². The number of ether oxygens (including phenoxy) is 1. The van der Waals surface area contributed by atoms with E-state index in [9.17, 15) is 0 Å². The van der Waals surface area contributed by atoms with Gasteiger partial charge >= 0.3 is 0 Å². The Morgan fingerprint density at radius 2 is 2.06 bits per heavy atom. The smallest absolute Gasteiger partial charge is 0.0586 e. The Bertz CT molecular complexity index is 279. The Hall–Kier alpha value is -0.120. The minimum absolute atomic E-state index is 0.392. The molecule has 0 aromatic carbocycles. The number of methoxy groups -OCH3 is 1. The summed E-state index contributed by atoms with van der Waals surface area (Å²) in [4.78, 5) is 2.73. The van der Waals surface area contributed by atoms with Crippen molar-refractivity contribution < 1.29 is 4.74 Å². The molecule has 98 valence electrons. The average molecular weight is 238 g/mol. The molecule has 0 aromatic heterocycles. The second-order valence-corrected chi connectivity index (χ2v) is 6.41. The summed E-state index contributed by atoms with van der Waals surface area (Å²) in [6.07, 6.45) is 7.22. The quantitative estimate of drug-likeness (QED) is 0.809. The minimum atomic E-state index is 0.392. The highest BCUT2D eigenvalue weighted by molar-refractivity contribution is 5.03. The SMILES string of the molecule is COC1CCC(N2CCNC(C)(C3CC3)C2)C1. The van der Waals surface area contributed by atoms with Gasteiger partial charge in [0, 0.05) is 38.3 Å². The molecule has 3 heteroatoms. The van der Waals surface area contributed by atoms with Crippen LogP contribution in [-0.4, -0.2) is 49.3 Å². The van der Waals surface area contributed by atoms with Crippen molar-refractivity contribution in [2.75, 3.05) is 26.7 Å². The summed E-state index contributed by atoms with van der Waals surface area (Å²) >= 11 is 0. The van der Waals surface area contributed by atoms with Crippen LogP contribution in [0.1, 0.15) is 39.0 Å². The maximum Gasteiger partial charge on any atom is 0.0586 e. The molecule has 2 aliphatic carbocycles. The highest BCUT2D eigenvalue weighted by Gasteiger charge is 2.45. The second kappa shape index (κ2) is 4.52. The highest BCUT2D eigenvalue weighted by atomic mass is 16.5. The van der Waals surface area contributed by atoms with Crippen LogP contribution < -0.4 is 5.32 Å². The first-order valence-electron chi connectivity index (χ1n) is 7.23. The van der Waals surface area contributed by atoms with Gasteiger partial charge in [0.2, 0.25) is 0 Å². The average Bonchev–Trinajstić information content (AvgIpc) is 3.09. The van der Waals surface area contributed by atoms with Crippen LogP contribution in [0.4, 0.5) is 0 Å². The standard InChI is InChI=1S/C14H26N2O/c1-14(11-3-4-11)10-16(8-7-15-14)12-5-6-13(9-12)17-2/h11-13,15H,3-10H2,1-2H3. The van der Waals surface area contributed by atoms with E-state index < -0.39 is 0 Å². The predicted octanol–water partition coefficient (Wildman–Crippen LogP) is 1.63. The van der Waals surface area contributed by atoms with E-state index in [2.05, 4.69) is 17.1 Å². The van der Waals surface area contributed by atoms with Gasteiger partial charge in [-0.05, 0) is 44.9 Å². The molecule has 0 radical (unpaired) electrons. The lowest BCUT2D eigenvalue weighted by Gasteiger charge is -2.44. The lowest BCUT2D eigenvalue weighted by molar-refractivity contribution is 0.0692. The van der Waals surface area contributed by atoms with E-state index in [4.69, 9.17) is 4.74 Å². The Morgan fingerprint density at radius 1 is 1.24 bits per heavy atom. The van der Waals surface area contributed by atoms with Gasteiger partial charge in [-0.3, -0.25) is 4.90 Å². The summed E-state index contributed by atoms with van der Waals surface area (Å²) in [5.41, 5.74) is 0.392. The lowest BCUT2D eigenvalue weighted by Crippen LogP contribution is -2.61. The normalized spacial score (nSPS) is 44.1. The van der Waals surface area contributed by atoms with Crippen molar-refractivity contribution in [2.24, 2.45) is 5.92 Å².